The van der Waals surface area contributed by atoms with Crippen LogP contribution < -0.4 is 15.5 Å². The number of nitrogens with one attached hydrogen (secondary N) is 2. The zero-order chi connectivity index (χ0) is 22.5. The number of fused-ring (bicyclic) bond motifs is 1. The molecule has 0 spiro atoms. The molecule has 0 bridgehead atoms. The molecule has 0 atom stereocenters. The second kappa shape index (κ2) is 7.72. The van der Waals surface area contributed by atoms with E-state index in [0.29, 0.717) is 28.2 Å². The van der Waals surface area contributed by atoms with Crippen LogP contribution in [-0.2, 0) is 0 Å². The average Bonchev–Trinajstić information content (AvgIpc) is 3.35. The number of hydrogen-bond donors (Lipinski definition) is 2. The Balaban J connectivity index is 1.31. The highest BCUT2D eigenvalue weighted by Gasteiger charge is 2.38. The van der Waals surface area contributed by atoms with Crippen molar-refractivity contribution in [3.05, 3.63) is 35.2 Å². The fourth-order valence-electron chi connectivity index (χ4n) is 4.38. The van der Waals surface area contributed by atoms with Gasteiger partial charge in [-0.05, 0) is 53.4 Å². The molecule has 1 aliphatic heterocycles. The third-order valence-electron chi connectivity index (χ3n) is 6.42. The molecule has 4 heterocycles. The van der Waals surface area contributed by atoms with E-state index in [1.165, 1.54) is 6.33 Å². The van der Waals surface area contributed by atoms with E-state index in [9.17, 15) is 4.79 Å². The molecule has 5 rings (SSSR count). The Morgan fingerprint density at radius 1 is 1.16 bits per heavy atom. The number of amides is 1. The predicted molar refractivity (Wildman–Crippen MR) is 122 cm³/mol. The van der Waals surface area contributed by atoms with Crippen molar-refractivity contribution < 1.29 is 9.21 Å². The fraction of sp³-hybridized carbons (Fsp3) is 0.522. The van der Waals surface area contributed by atoms with Gasteiger partial charge in [-0.25, -0.2) is 19.9 Å². The summed E-state index contributed by atoms with van der Waals surface area (Å²) in [7, 11) is 0. The third-order valence-corrected chi connectivity index (χ3v) is 6.42. The summed E-state index contributed by atoms with van der Waals surface area (Å²) in [5.74, 6) is 2.84. The summed E-state index contributed by atoms with van der Waals surface area (Å²) in [4.78, 5) is 33.1. The van der Waals surface area contributed by atoms with Crippen molar-refractivity contribution in [3.8, 4) is 0 Å². The van der Waals surface area contributed by atoms with Gasteiger partial charge in [0, 0.05) is 36.4 Å². The molecular formula is C23H29N7O2. The normalized spacial score (nSPS) is 18.1. The summed E-state index contributed by atoms with van der Waals surface area (Å²) in [5, 5.41) is 7.35. The molecule has 0 radical (unpaired) electrons. The lowest BCUT2D eigenvalue weighted by molar-refractivity contribution is 0.0931. The Hall–Kier alpha value is -3.23. The smallest absolute Gasteiger partial charge is 0.255 e. The van der Waals surface area contributed by atoms with Gasteiger partial charge < -0.3 is 20.0 Å². The second-order valence-corrected chi connectivity index (χ2v) is 9.27. The highest BCUT2D eigenvalue weighted by Crippen LogP contribution is 2.40. The maximum absolute atomic E-state index is 13.3. The van der Waals surface area contributed by atoms with Gasteiger partial charge in [-0.2, -0.15) is 0 Å². The summed E-state index contributed by atoms with van der Waals surface area (Å²) in [6.07, 6.45) is 5.35. The molecule has 168 valence electrons. The highest BCUT2D eigenvalue weighted by atomic mass is 16.3. The molecule has 3 aromatic heterocycles. The van der Waals surface area contributed by atoms with Gasteiger partial charge in [0.1, 0.15) is 29.5 Å². The Morgan fingerprint density at radius 3 is 2.59 bits per heavy atom. The highest BCUT2D eigenvalue weighted by molar-refractivity contribution is 6.10. The van der Waals surface area contributed by atoms with Gasteiger partial charge in [0.25, 0.3) is 5.91 Å². The second-order valence-electron chi connectivity index (χ2n) is 9.27. The van der Waals surface area contributed by atoms with Crippen molar-refractivity contribution in [2.45, 2.75) is 65.0 Å². The van der Waals surface area contributed by atoms with E-state index >= 15 is 0 Å². The largest absolute Gasteiger partial charge is 0.442 e. The number of aryl methyl sites for hydroxylation is 3. The SMILES string of the molecule is Cc1cc(N2CCC(NC(=O)c3c(C)oc4ncnc(NC5(C)CC5)c34)CC2)nc(C)n1. The minimum absolute atomic E-state index is 0.0325. The molecule has 32 heavy (non-hydrogen) atoms. The summed E-state index contributed by atoms with van der Waals surface area (Å²) in [5.41, 5.74) is 1.97. The lowest BCUT2D eigenvalue weighted by atomic mass is 10.0. The van der Waals surface area contributed by atoms with E-state index in [1.54, 1.807) is 0 Å². The summed E-state index contributed by atoms with van der Waals surface area (Å²) < 4.78 is 5.81. The van der Waals surface area contributed by atoms with Crippen LogP contribution >= 0.6 is 0 Å². The number of hydrogen-bond acceptors (Lipinski definition) is 8. The molecule has 9 nitrogen and oxygen atoms in total. The monoisotopic (exact) mass is 435 g/mol. The van der Waals surface area contributed by atoms with Crippen molar-refractivity contribution >= 4 is 28.6 Å². The van der Waals surface area contributed by atoms with Crippen molar-refractivity contribution in [2.24, 2.45) is 0 Å². The topological polar surface area (TPSA) is 109 Å². The van der Waals surface area contributed by atoms with Gasteiger partial charge in [-0.3, -0.25) is 4.79 Å². The lowest BCUT2D eigenvalue weighted by Crippen LogP contribution is -2.45. The first kappa shape index (κ1) is 20.7. The summed E-state index contributed by atoms with van der Waals surface area (Å²) in [6, 6.07) is 2.11. The van der Waals surface area contributed by atoms with Gasteiger partial charge in [-0.1, -0.05) is 0 Å². The number of carbonyl (C=O) groups excluding carboxylic acids is 1. The number of aromatic nitrogens is 4. The lowest BCUT2D eigenvalue weighted by Gasteiger charge is -2.33. The molecule has 2 N–H and O–H groups in total. The van der Waals surface area contributed by atoms with E-state index in [-0.39, 0.29) is 17.5 Å². The van der Waals surface area contributed by atoms with E-state index in [1.807, 2.05) is 26.8 Å². The van der Waals surface area contributed by atoms with Crippen LogP contribution in [0.3, 0.4) is 0 Å². The minimum atomic E-state index is -0.132. The molecule has 9 heteroatoms. The predicted octanol–water partition coefficient (Wildman–Crippen LogP) is 3.30. The van der Waals surface area contributed by atoms with Crippen LogP contribution in [-0.4, -0.2) is 50.5 Å². The van der Waals surface area contributed by atoms with Crippen LogP contribution in [0.1, 0.15) is 60.2 Å². The standard InChI is InChI=1S/C23H29N7O2/c1-13-11-17(27-15(3)26-13)30-9-5-16(6-10-30)28-21(31)18-14(2)32-22-19(18)20(24-12-25-22)29-23(4)7-8-23/h11-12,16H,5-10H2,1-4H3,(H,28,31)(H,24,25,29). The minimum Gasteiger partial charge on any atom is -0.442 e. The molecule has 2 aliphatic rings. The van der Waals surface area contributed by atoms with Crippen LogP contribution in [0.2, 0.25) is 0 Å². The van der Waals surface area contributed by atoms with Gasteiger partial charge in [-0.15, -0.1) is 0 Å². The van der Waals surface area contributed by atoms with E-state index < -0.39 is 0 Å². The zero-order valence-corrected chi connectivity index (χ0v) is 19.0. The van der Waals surface area contributed by atoms with Crippen molar-refractivity contribution in [2.75, 3.05) is 23.3 Å². The first-order valence-corrected chi connectivity index (χ1v) is 11.2. The van der Waals surface area contributed by atoms with E-state index in [0.717, 1.165) is 56.1 Å². The number of furan rings is 1. The number of anilines is 2. The first-order valence-electron chi connectivity index (χ1n) is 11.2. The number of nitrogens with zero attached hydrogens (tertiary/aromatic N) is 5. The quantitative estimate of drug-likeness (QED) is 0.628. The van der Waals surface area contributed by atoms with Gasteiger partial charge >= 0.3 is 0 Å². The van der Waals surface area contributed by atoms with Crippen molar-refractivity contribution in [1.82, 2.24) is 25.3 Å². The van der Waals surface area contributed by atoms with Gasteiger partial charge in [0.2, 0.25) is 5.71 Å². The Morgan fingerprint density at radius 2 is 1.91 bits per heavy atom. The van der Waals surface area contributed by atoms with Crippen LogP contribution in [0.15, 0.2) is 16.8 Å². The molecule has 2 fully saturated rings. The average molecular weight is 436 g/mol. The molecular weight excluding hydrogens is 406 g/mol. The van der Waals surface area contributed by atoms with Gasteiger partial charge in [0.15, 0.2) is 0 Å². The van der Waals surface area contributed by atoms with Crippen LogP contribution in [0.5, 0.6) is 0 Å². The maximum atomic E-state index is 13.3. The molecule has 1 saturated carbocycles. The van der Waals surface area contributed by atoms with Gasteiger partial charge in [0.05, 0.1) is 10.9 Å². The molecule has 1 saturated heterocycles. The van der Waals surface area contributed by atoms with E-state index in [4.69, 9.17) is 4.42 Å². The number of rotatable bonds is 5. The maximum Gasteiger partial charge on any atom is 0.255 e. The zero-order valence-electron chi connectivity index (χ0n) is 19.0. The van der Waals surface area contributed by atoms with Crippen LogP contribution in [0, 0.1) is 20.8 Å². The number of piperidine rings is 1. The molecule has 1 amide bonds. The first-order chi connectivity index (χ1) is 15.3. The Kier molecular flexibility index (Phi) is 4.98. The third kappa shape index (κ3) is 3.99. The molecule has 0 unspecified atom stereocenters. The van der Waals surface area contributed by atoms with Crippen molar-refractivity contribution in [3.63, 3.8) is 0 Å². The summed E-state index contributed by atoms with van der Waals surface area (Å²) in [6.45, 7) is 9.53. The molecule has 0 aromatic carbocycles. The van der Waals surface area contributed by atoms with Crippen LogP contribution in [0.4, 0.5) is 11.6 Å². The number of carbonyl (C=O) groups is 1. The fourth-order valence-corrected chi connectivity index (χ4v) is 4.38. The Bertz CT molecular complexity index is 1160. The molecule has 3 aromatic rings. The van der Waals surface area contributed by atoms with Crippen LogP contribution in [0.25, 0.3) is 11.1 Å². The Labute approximate surface area is 187 Å². The summed E-state index contributed by atoms with van der Waals surface area (Å²) >= 11 is 0. The van der Waals surface area contributed by atoms with E-state index in [2.05, 4.69) is 42.4 Å². The van der Waals surface area contributed by atoms with Crippen molar-refractivity contribution in [1.29, 1.82) is 0 Å². The molecule has 1 aliphatic carbocycles.